The molecule has 6 nitrogen and oxygen atoms in total. The highest BCUT2D eigenvalue weighted by Crippen LogP contribution is 2.29. The predicted molar refractivity (Wildman–Crippen MR) is 143 cm³/mol. The van der Waals surface area contributed by atoms with Gasteiger partial charge in [-0.15, -0.1) is 0 Å². The van der Waals surface area contributed by atoms with E-state index in [0.29, 0.717) is 60.0 Å². The summed E-state index contributed by atoms with van der Waals surface area (Å²) in [6.07, 6.45) is 5.83. The molecule has 1 unspecified atom stereocenters. The molecular formula is C30H33F3N2O4. The summed E-state index contributed by atoms with van der Waals surface area (Å²) in [7, 11) is 1.54. The van der Waals surface area contributed by atoms with E-state index in [1.807, 2.05) is 6.92 Å². The van der Waals surface area contributed by atoms with Crippen molar-refractivity contribution in [1.82, 2.24) is 10.3 Å². The van der Waals surface area contributed by atoms with Crippen molar-refractivity contribution < 1.29 is 32.5 Å². The molecule has 0 bridgehead atoms. The van der Waals surface area contributed by atoms with E-state index < -0.39 is 35.6 Å². The molecule has 0 radical (unpaired) electrons. The molecule has 9 heteroatoms. The maximum Gasteiger partial charge on any atom is 0.306 e. The van der Waals surface area contributed by atoms with Crippen molar-refractivity contribution in [3.05, 3.63) is 77.2 Å². The molecule has 2 aromatic carbocycles. The van der Waals surface area contributed by atoms with Crippen LogP contribution in [-0.2, 0) is 9.53 Å². The molecule has 208 valence electrons. The molecule has 4 atom stereocenters. The predicted octanol–water partition coefficient (Wildman–Crippen LogP) is 6.24. The monoisotopic (exact) mass is 542 g/mol. The number of benzene rings is 2. The first-order valence-electron chi connectivity index (χ1n) is 13.1. The van der Waals surface area contributed by atoms with E-state index in [9.17, 15) is 23.1 Å². The standard InChI is InChI=1S/C30H33F3N2O4/c1-3-18(23-14-19(31)4-9-25(23)32)12-13-34-28-11-6-20(39-29(28)16-30(36)37)5-8-22-24-15-21(38-2)7-10-27(24)35-17-26(22)33/h4-5,7-10,14-15,17-18,20,28-29,34H,3,6,11-13,16H2,1-2H3,(H,36,37)/t18?,20-,28-,29-/m1/s1. The van der Waals surface area contributed by atoms with E-state index in [-0.39, 0.29) is 18.4 Å². The molecule has 0 saturated carbocycles. The van der Waals surface area contributed by atoms with Gasteiger partial charge in [-0.1, -0.05) is 19.1 Å². The summed E-state index contributed by atoms with van der Waals surface area (Å²) in [6, 6.07) is 8.50. The SMILES string of the molecule is CCC(CCN[C@@H]1CC[C@@H](C=Cc2c(F)cnc3ccc(OC)cc23)O[C@@H]1CC(=O)O)c1cc(F)ccc1F. The third-order valence-electron chi connectivity index (χ3n) is 7.27. The van der Waals surface area contributed by atoms with Crippen LogP contribution >= 0.6 is 0 Å². The van der Waals surface area contributed by atoms with Crippen molar-refractivity contribution in [3.8, 4) is 5.75 Å². The lowest BCUT2D eigenvalue weighted by Gasteiger charge is -2.36. The van der Waals surface area contributed by atoms with Crippen LogP contribution in [-0.4, -0.2) is 48.0 Å². The number of aromatic nitrogens is 1. The summed E-state index contributed by atoms with van der Waals surface area (Å²) in [6.45, 7) is 2.42. The minimum atomic E-state index is -0.983. The van der Waals surface area contributed by atoms with Crippen molar-refractivity contribution in [2.45, 2.75) is 63.2 Å². The minimum Gasteiger partial charge on any atom is -0.497 e. The number of hydrogen-bond acceptors (Lipinski definition) is 5. The van der Waals surface area contributed by atoms with Crippen molar-refractivity contribution >= 4 is 22.9 Å². The summed E-state index contributed by atoms with van der Waals surface area (Å²) in [4.78, 5) is 15.7. The maximum atomic E-state index is 14.7. The molecule has 0 spiro atoms. The van der Waals surface area contributed by atoms with E-state index in [1.54, 1.807) is 30.4 Å². The number of ether oxygens (including phenoxy) is 2. The Kier molecular flexibility index (Phi) is 9.59. The van der Waals surface area contributed by atoms with Crippen LogP contribution in [0.3, 0.4) is 0 Å². The van der Waals surface area contributed by atoms with Crippen molar-refractivity contribution in [2.75, 3.05) is 13.7 Å². The Labute approximate surface area is 225 Å². The Balaban J connectivity index is 1.42. The van der Waals surface area contributed by atoms with E-state index >= 15 is 0 Å². The van der Waals surface area contributed by atoms with E-state index in [1.165, 1.54) is 19.4 Å². The molecule has 39 heavy (non-hydrogen) atoms. The topological polar surface area (TPSA) is 80.7 Å². The van der Waals surface area contributed by atoms with Crippen molar-refractivity contribution in [2.24, 2.45) is 0 Å². The Morgan fingerprint density at radius 2 is 2.03 bits per heavy atom. The van der Waals surface area contributed by atoms with Crippen LogP contribution < -0.4 is 10.1 Å². The van der Waals surface area contributed by atoms with Crippen molar-refractivity contribution in [1.29, 1.82) is 0 Å². The van der Waals surface area contributed by atoms with Gasteiger partial charge in [-0.25, -0.2) is 13.2 Å². The van der Waals surface area contributed by atoms with Gasteiger partial charge >= 0.3 is 5.97 Å². The number of carboxylic acid groups (broad SMARTS) is 1. The second kappa shape index (κ2) is 13.1. The number of fused-ring (bicyclic) bond motifs is 1. The summed E-state index contributed by atoms with van der Waals surface area (Å²) in [5.41, 5.74) is 1.32. The highest BCUT2D eigenvalue weighted by molar-refractivity contribution is 5.89. The van der Waals surface area contributed by atoms with Crippen LogP contribution in [0.1, 0.15) is 56.1 Å². The van der Waals surface area contributed by atoms with Crippen LogP contribution in [0.4, 0.5) is 13.2 Å². The number of pyridine rings is 1. The zero-order valence-corrected chi connectivity index (χ0v) is 22.0. The minimum absolute atomic E-state index is 0.171. The average molecular weight is 543 g/mol. The van der Waals surface area contributed by atoms with Crippen molar-refractivity contribution in [3.63, 3.8) is 0 Å². The van der Waals surface area contributed by atoms with Gasteiger partial charge in [0.05, 0.1) is 37.5 Å². The molecule has 1 fully saturated rings. The second-order valence-corrected chi connectivity index (χ2v) is 9.77. The number of nitrogens with one attached hydrogen (secondary N) is 1. The first-order chi connectivity index (χ1) is 18.8. The van der Waals surface area contributed by atoms with Gasteiger partial charge in [0.1, 0.15) is 23.2 Å². The number of rotatable bonds is 11. The van der Waals surface area contributed by atoms with Gasteiger partial charge in [0.25, 0.3) is 0 Å². The van der Waals surface area contributed by atoms with Gasteiger partial charge < -0.3 is 19.9 Å². The molecule has 3 aromatic rings. The molecular weight excluding hydrogens is 509 g/mol. The molecule has 1 saturated heterocycles. The normalized spacial score (nSPS) is 20.4. The molecule has 2 N–H and O–H groups in total. The number of nitrogens with zero attached hydrogens (tertiary/aromatic N) is 1. The van der Waals surface area contributed by atoms with Gasteiger partial charge in [-0.05, 0) is 80.1 Å². The van der Waals surface area contributed by atoms with Gasteiger partial charge in [0, 0.05) is 17.0 Å². The van der Waals surface area contributed by atoms with Gasteiger partial charge in [0.15, 0.2) is 0 Å². The number of carbonyl (C=O) groups is 1. The summed E-state index contributed by atoms with van der Waals surface area (Å²) in [5.74, 6) is -1.96. The van der Waals surface area contributed by atoms with Crippen LogP contribution in [0.5, 0.6) is 5.75 Å². The number of aliphatic carboxylic acids is 1. The quantitative estimate of drug-likeness (QED) is 0.299. The molecule has 0 amide bonds. The fourth-order valence-corrected chi connectivity index (χ4v) is 5.17. The summed E-state index contributed by atoms with van der Waals surface area (Å²) in [5, 5.41) is 13.4. The average Bonchev–Trinajstić information content (AvgIpc) is 2.92. The zero-order chi connectivity index (χ0) is 27.9. The lowest BCUT2D eigenvalue weighted by Crippen LogP contribution is -2.48. The Hall–Kier alpha value is -3.43. The fourth-order valence-electron chi connectivity index (χ4n) is 5.17. The molecule has 4 rings (SSSR count). The lowest BCUT2D eigenvalue weighted by atomic mass is 9.91. The number of hydrogen-bond donors (Lipinski definition) is 2. The van der Waals surface area contributed by atoms with Gasteiger partial charge in [-0.2, -0.15) is 0 Å². The lowest BCUT2D eigenvalue weighted by molar-refractivity contribution is -0.143. The second-order valence-electron chi connectivity index (χ2n) is 9.77. The van der Waals surface area contributed by atoms with E-state index in [2.05, 4.69) is 10.3 Å². The highest BCUT2D eigenvalue weighted by Gasteiger charge is 2.32. The maximum absolute atomic E-state index is 14.7. The molecule has 1 aromatic heterocycles. The number of halogens is 3. The van der Waals surface area contributed by atoms with Crippen LogP contribution in [0, 0.1) is 17.5 Å². The Morgan fingerprint density at radius 3 is 2.77 bits per heavy atom. The molecule has 1 aliphatic rings. The largest absolute Gasteiger partial charge is 0.497 e. The molecule has 1 aliphatic heterocycles. The smallest absolute Gasteiger partial charge is 0.306 e. The van der Waals surface area contributed by atoms with Gasteiger partial charge in [0.2, 0.25) is 0 Å². The highest BCUT2D eigenvalue weighted by atomic mass is 19.1. The van der Waals surface area contributed by atoms with Gasteiger partial charge in [-0.3, -0.25) is 9.78 Å². The molecule has 2 heterocycles. The number of methoxy groups -OCH3 is 1. The van der Waals surface area contributed by atoms with Crippen LogP contribution in [0.25, 0.3) is 17.0 Å². The third kappa shape index (κ3) is 7.16. The number of carboxylic acids is 1. The first kappa shape index (κ1) is 28.6. The first-order valence-corrected chi connectivity index (χ1v) is 13.1. The van der Waals surface area contributed by atoms with E-state index in [0.717, 1.165) is 12.1 Å². The Bertz CT molecular complexity index is 1330. The fraction of sp³-hybridized carbons (Fsp3) is 0.400. The summed E-state index contributed by atoms with van der Waals surface area (Å²) >= 11 is 0. The van der Waals surface area contributed by atoms with Crippen LogP contribution in [0.2, 0.25) is 0 Å². The van der Waals surface area contributed by atoms with E-state index in [4.69, 9.17) is 9.47 Å². The summed E-state index contributed by atoms with van der Waals surface area (Å²) < 4.78 is 54.0. The zero-order valence-electron chi connectivity index (χ0n) is 22.0. The third-order valence-corrected chi connectivity index (χ3v) is 7.27. The molecule has 0 aliphatic carbocycles. The Morgan fingerprint density at radius 1 is 1.21 bits per heavy atom. The van der Waals surface area contributed by atoms with Crippen LogP contribution in [0.15, 0.2) is 48.7 Å².